The fraction of sp³-hybridized carbons (Fsp3) is 0.368. The molecule has 1 atom stereocenters. The SMILES string of the molecule is Cc1cc(S(=O)(=O)NC[C@@H]2CN(Cc3ccccc3)CCO2)ccc1Br. The topological polar surface area (TPSA) is 58.6 Å². The van der Waals surface area contributed by atoms with Crippen LogP contribution in [0.3, 0.4) is 0 Å². The Morgan fingerprint density at radius 2 is 2.00 bits per heavy atom. The van der Waals surface area contributed by atoms with Gasteiger partial charge in [-0.1, -0.05) is 46.3 Å². The number of aryl methyl sites for hydroxylation is 1. The molecule has 1 saturated heterocycles. The van der Waals surface area contributed by atoms with E-state index in [2.05, 4.69) is 37.7 Å². The maximum Gasteiger partial charge on any atom is 0.240 e. The van der Waals surface area contributed by atoms with E-state index in [0.717, 1.165) is 23.1 Å². The summed E-state index contributed by atoms with van der Waals surface area (Å²) in [7, 11) is -3.54. The molecule has 0 aromatic heterocycles. The van der Waals surface area contributed by atoms with Gasteiger partial charge in [-0.15, -0.1) is 0 Å². The van der Waals surface area contributed by atoms with Crippen LogP contribution in [-0.4, -0.2) is 45.7 Å². The molecule has 140 valence electrons. The summed E-state index contributed by atoms with van der Waals surface area (Å²) in [6, 6.07) is 15.3. The molecule has 0 unspecified atom stereocenters. The van der Waals surface area contributed by atoms with Crippen LogP contribution in [0.25, 0.3) is 0 Å². The summed E-state index contributed by atoms with van der Waals surface area (Å²) in [5.74, 6) is 0. The van der Waals surface area contributed by atoms with Crippen LogP contribution in [0.4, 0.5) is 0 Å². The van der Waals surface area contributed by atoms with Crippen molar-refractivity contribution in [3.05, 3.63) is 64.1 Å². The predicted molar refractivity (Wildman–Crippen MR) is 106 cm³/mol. The predicted octanol–water partition coefficient (Wildman–Crippen LogP) is 2.94. The van der Waals surface area contributed by atoms with Gasteiger partial charge in [0.1, 0.15) is 0 Å². The van der Waals surface area contributed by atoms with Crippen LogP contribution in [0.15, 0.2) is 57.9 Å². The summed E-state index contributed by atoms with van der Waals surface area (Å²) >= 11 is 3.39. The third-order valence-electron chi connectivity index (χ3n) is 4.41. The lowest BCUT2D eigenvalue weighted by atomic mass is 10.2. The smallest absolute Gasteiger partial charge is 0.240 e. The Labute approximate surface area is 163 Å². The lowest BCUT2D eigenvalue weighted by Gasteiger charge is -2.33. The minimum Gasteiger partial charge on any atom is -0.374 e. The number of benzene rings is 2. The van der Waals surface area contributed by atoms with E-state index in [9.17, 15) is 8.42 Å². The van der Waals surface area contributed by atoms with Crippen molar-refractivity contribution < 1.29 is 13.2 Å². The van der Waals surface area contributed by atoms with Crippen molar-refractivity contribution in [3.8, 4) is 0 Å². The number of rotatable bonds is 6. The molecule has 1 fully saturated rings. The van der Waals surface area contributed by atoms with Crippen molar-refractivity contribution in [1.29, 1.82) is 0 Å². The van der Waals surface area contributed by atoms with E-state index in [1.165, 1.54) is 5.56 Å². The first kappa shape index (κ1) is 19.5. The molecule has 1 heterocycles. The lowest BCUT2D eigenvalue weighted by molar-refractivity contribution is -0.0276. The van der Waals surface area contributed by atoms with Crippen LogP contribution in [0, 0.1) is 6.92 Å². The van der Waals surface area contributed by atoms with Crippen molar-refractivity contribution in [2.75, 3.05) is 26.2 Å². The monoisotopic (exact) mass is 438 g/mol. The molecule has 26 heavy (non-hydrogen) atoms. The molecule has 0 spiro atoms. The molecule has 5 nitrogen and oxygen atoms in total. The van der Waals surface area contributed by atoms with Crippen molar-refractivity contribution in [1.82, 2.24) is 9.62 Å². The quantitative estimate of drug-likeness (QED) is 0.752. The zero-order chi connectivity index (χ0) is 18.6. The zero-order valence-electron chi connectivity index (χ0n) is 14.7. The molecule has 0 bridgehead atoms. The van der Waals surface area contributed by atoms with Gasteiger partial charge in [-0.25, -0.2) is 13.1 Å². The molecule has 2 aromatic carbocycles. The lowest BCUT2D eigenvalue weighted by Crippen LogP contribution is -2.47. The number of sulfonamides is 1. The van der Waals surface area contributed by atoms with Crippen molar-refractivity contribution in [2.45, 2.75) is 24.5 Å². The van der Waals surface area contributed by atoms with Crippen LogP contribution < -0.4 is 4.72 Å². The van der Waals surface area contributed by atoms with Gasteiger partial charge in [-0.2, -0.15) is 0 Å². The standard InChI is InChI=1S/C19H23BrN2O3S/c1-15-11-18(7-8-19(15)20)26(23,24)21-12-17-14-22(9-10-25-17)13-16-5-3-2-4-6-16/h2-8,11,17,21H,9-10,12-14H2,1H3/t17-/m1/s1. The highest BCUT2D eigenvalue weighted by Crippen LogP contribution is 2.20. The molecule has 2 aromatic rings. The van der Waals surface area contributed by atoms with E-state index in [-0.39, 0.29) is 17.5 Å². The summed E-state index contributed by atoms with van der Waals surface area (Å²) < 4.78 is 34.3. The Hall–Kier alpha value is -1.25. The van der Waals surface area contributed by atoms with Gasteiger partial charge >= 0.3 is 0 Å². The van der Waals surface area contributed by atoms with Crippen LogP contribution in [-0.2, 0) is 21.3 Å². The van der Waals surface area contributed by atoms with Gasteiger partial charge in [0.25, 0.3) is 0 Å². The molecule has 0 amide bonds. The van der Waals surface area contributed by atoms with Crippen molar-refractivity contribution in [2.24, 2.45) is 0 Å². The average Bonchev–Trinajstić information content (AvgIpc) is 2.63. The van der Waals surface area contributed by atoms with Crippen LogP contribution in [0.2, 0.25) is 0 Å². The van der Waals surface area contributed by atoms with Gasteiger partial charge in [-0.05, 0) is 36.2 Å². The number of halogens is 1. The van der Waals surface area contributed by atoms with E-state index in [1.807, 2.05) is 25.1 Å². The minimum atomic E-state index is -3.54. The second-order valence-electron chi connectivity index (χ2n) is 6.48. The Bertz CT molecular complexity index is 843. The number of morpholine rings is 1. The highest BCUT2D eigenvalue weighted by atomic mass is 79.9. The van der Waals surface area contributed by atoms with E-state index < -0.39 is 10.0 Å². The third-order valence-corrected chi connectivity index (χ3v) is 6.72. The second-order valence-corrected chi connectivity index (χ2v) is 9.10. The summed E-state index contributed by atoms with van der Waals surface area (Å²) in [4.78, 5) is 2.57. The maximum atomic E-state index is 12.5. The first-order valence-corrected chi connectivity index (χ1v) is 10.9. The molecule has 1 aliphatic rings. The molecular weight excluding hydrogens is 416 g/mol. The fourth-order valence-electron chi connectivity index (χ4n) is 2.96. The fourth-order valence-corrected chi connectivity index (χ4v) is 4.36. The molecule has 0 aliphatic carbocycles. The van der Waals surface area contributed by atoms with Crippen molar-refractivity contribution in [3.63, 3.8) is 0 Å². The molecule has 0 radical (unpaired) electrons. The molecular formula is C19H23BrN2O3S. The summed E-state index contributed by atoms with van der Waals surface area (Å²) in [6.07, 6.45) is -0.154. The third kappa shape index (κ3) is 5.14. The number of hydrogen-bond acceptors (Lipinski definition) is 4. The largest absolute Gasteiger partial charge is 0.374 e. The van der Waals surface area contributed by atoms with E-state index >= 15 is 0 Å². The first-order valence-electron chi connectivity index (χ1n) is 8.58. The van der Waals surface area contributed by atoms with Crippen LogP contribution in [0.5, 0.6) is 0 Å². The average molecular weight is 439 g/mol. The van der Waals surface area contributed by atoms with Crippen molar-refractivity contribution >= 4 is 26.0 Å². The molecule has 0 saturated carbocycles. The van der Waals surface area contributed by atoms with Gasteiger partial charge in [0, 0.05) is 30.7 Å². The van der Waals surface area contributed by atoms with E-state index in [0.29, 0.717) is 13.2 Å². The van der Waals surface area contributed by atoms with Gasteiger partial charge in [0.15, 0.2) is 0 Å². The van der Waals surface area contributed by atoms with E-state index in [1.54, 1.807) is 18.2 Å². The molecule has 7 heteroatoms. The number of nitrogens with zero attached hydrogens (tertiary/aromatic N) is 1. The highest BCUT2D eigenvalue weighted by molar-refractivity contribution is 9.10. The van der Waals surface area contributed by atoms with Gasteiger partial charge in [0.05, 0.1) is 17.6 Å². The Morgan fingerprint density at radius 3 is 2.73 bits per heavy atom. The summed E-state index contributed by atoms with van der Waals surface area (Å²) in [5, 5.41) is 0. The first-order chi connectivity index (χ1) is 12.4. The molecule has 1 aliphatic heterocycles. The van der Waals surface area contributed by atoms with Crippen LogP contribution >= 0.6 is 15.9 Å². The highest BCUT2D eigenvalue weighted by Gasteiger charge is 2.23. The van der Waals surface area contributed by atoms with Gasteiger partial charge in [-0.3, -0.25) is 4.90 Å². The second kappa shape index (κ2) is 8.63. The normalized spacial score (nSPS) is 18.8. The van der Waals surface area contributed by atoms with Gasteiger partial charge < -0.3 is 4.74 Å². The number of hydrogen-bond donors (Lipinski definition) is 1. The number of nitrogens with one attached hydrogen (secondary N) is 1. The number of ether oxygens (including phenoxy) is 1. The van der Waals surface area contributed by atoms with E-state index in [4.69, 9.17) is 4.74 Å². The Kier molecular flexibility index (Phi) is 6.47. The maximum absolute atomic E-state index is 12.5. The zero-order valence-corrected chi connectivity index (χ0v) is 17.1. The Morgan fingerprint density at radius 1 is 1.23 bits per heavy atom. The summed E-state index contributed by atoms with van der Waals surface area (Å²) in [6.45, 7) is 5.15. The minimum absolute atomic E-state index is 0.154. The molecule has 3 rings (SSSR count). The molecule has 1 N–H and O–H groups in total. The van der Waals surface area contributed by atoms with Crippen LogP contribution in [0.1, 0.15) is 11.1 Å². The Balaban J connectivity index is 1.57. The van der Waals surface area contributed by atoms with Gasteiger partial charge in [0.2, 0.25) is 10.0 Å². The summed E-state index contributed by atoms with van der Waals surface area (Å²) in [5.41, 5.74) is 2.13.